The van der Waals surface area contributed by atoms with E-state index in [1.165, 1.54) is 23.9 Å². The SMILES string of the molecule is CCn1cc(CSc2ccc(F)c(C(=O)O)c2)cn1. The monoisotopic (exact) mass is 280 g/mol. The number of carbonyl (C=O) groups is 1. The molecule has 0 amide bonds. The van der Waals surface area contributed by atoms with Crippen molar-refractivity contribution in [1.82, 2.24) is 9.78 Å². The summed E-state index contributed by atoms with van der Waals surface area (Å²) in [6, 6.07) is 4.12. The van der Waals surface area contributed by atoms with Gasteiger partial charge in [0.25, 0.3) is 0 Å². The van der Waals surface area contributed by atoms with Crippen LogP contribution < -0.4 is 0 Å². The van der Waals surface area contributed by atoms with Gasteiger partial charge in [0.1, 0.15) is 5.82 Å². The highest BCUT2D eigenvalue weighted by Crippen LogP contribution is 2.24. The Morgan fingerprint density at radius 1 is 1.53 bits per heavy atom. The topological polar surface area (TPSA) is 55.1 Å². The molecule has 0 spiro atoms. The van der Waals surface area contributed by atoms with E-state index in [0.717, 1.165) is 17.0 Å². The molecule has 1 aromatic carbocycles. The number of rotatable bonds is 5. The first-order valence-electron chi connectivity index (χ1n) is 5.77. The van der Waals surface area contributed by atoms with E-state index >= 15 is 0 Å². The highest BCUT2D eigenvalue weighted by atomic mass is 32.2. The Bertz CT molecular complexity index is 598. The minimum absolute atomic E-state index is 0.297. The number of aromatic carboxylic acids is 1. The van der Waals surface area contributed by atoms with E-state index in [1.54, 1.807) is 12.3 Å². The number of hydrogen-bond acceptors (Lipinski definition) is 3. The van der Waals surface area contributed by atoms with E-state index < -0.39 is 11.8 Å². The molecule has 0 saturated heterocycles. The largest absolute Gasteiger partial charge is 0.478 e. The van der Waals surface area contributed by atoms with E-state index in [-0.39, 0.29) is 5.56 Å². The molecule has 6 heteroatoms. The molecule has 2 aromatic rings. The van der Waals surface area contributed by atoms with Crippen molar-refractivity contribution in [2.75, 3.05) is 0 Å². The lowest BCUT2D eigenvalue weighted by molar-refractivity contribution is 0.0691. The smallest absolute Gasteiger partial charge is 0.338 e. The molecule has 0 aliphatic heterocycles. The van der Waals surface area contributed by atoms with Crippen LogP contribution in [0.25, 0.3) is 0 Å². The third kappa shape index (κ3) is 3.35. The summed E-state index contributed by atoms with van der Waals surface area (Å²) in [5, 5.41) is 13.0. The van der Waals surface area contributed by atoms with Crippen molar-refractivity contribution in [3.8, 4) is 0 Å². The second kappa shape index (κ2) is 5.88. The summed E-state index contributed by atoms with van der Waals surface area (Å²) in [7, 11) is 0. The zero-order valence-corrected chi connectivity index (χ0v) is 11.2. The van der Waals surface area contributed by atoms with Gasteiger partial charge in [0.05, 0.1) is 11.8 Å². The number of aromatic nitrogens is 2. The Hall–Kier alpha value is -1.82. The highest BCUT2D eigenvalue weighted by molar-refractivity contribution is 7.98. The first-order chi connectivity index (χ1) is 9.10. The van der Waals surface area contributed by atoms with Gasteiger partial charge < -0.3 is 5.11 Å². The predicted molar refractivity (Wildman–Crippen MR) is 70.8 cm³/mol. The van der Waals surface area contributed by atoms with Crippen LogP contribution in [-0.4, -0.2) is 20.9 Å². The molecular formula is C13H13FN2O2S. The molecule has 1 aromatic heterocycles. The first-order valence-corrected chi connectivity index (χ1v) is 6.75. The van der Waals surface area contributed by atoms with Crippen molar-refractivity contribution < 1.29 is 14.3 Å². The quantitative estimate of drug-likeness (QED) is 0.855. The number of carboxylic acids is 1. The molecule has 0 unspecified atom stereocenters. The number of benzene rings is 1. The summed E-state index contributed by atoms with van der Waals surface area (Å²) in [5.74, 6) is -1.29. The minimum atomic E-state index is -1.25. The van der Waals surface area contributed by atoms with E-state index in [0.29, 0.717) is 5.75 Å². The average molecular weight is 280 g/mol. The third-order valence-corrected chi connectivity index (χ3v) is 3.65. The predicted octanol–water partition coefficient (Wildman–Crippen LogP) is 3.03. The molecule has 4 nitrogen and oxygen atoms in total. The number of aryl methyl sites for hydroxylation is 1. The van der Waals surface area contributed by atoms with Crippen LogP contribution in [0.4, 0.5) is 4.39 Å². The molecule has 2 rings (SSSR count). The number of hydrogen-bond donors (Lipinski definition) is 1. The maximum Gasteiger partial charge on any atom is 0.338 e. The summed E-state index contributed by atoms with van der Waals surface area (Å²) in [4.78, 5) is 11.6. The fourth-order valence-corrected chi connectivity index (χ4v) is 2.43. The second-order valence-corrected chi connectivity index (χ2v) is 4.99. The Labute approximate surface area is 114 Å². The average Bonchev–Trinajstić information content (AvgIpc) is 2.85. The van der Waals surface area contributed by atoms with E-state index in [1.807, 2.05) is 17.8 Å². The van der Waals surface area contributed by atoms with Gasteiger partial charge in [-0.15, -0.1) is 11.8 Å². The lowest BCUT2D eigenvalue weighted by Crippen LogP contribution is -2.00. The lowest BCUT2D eigenvalue weighted by atomic mass is 10.2. The first kappa shape index (κ1) is 13.6. The van der Waals surface area contributed by atoms with Gasteiger partial charge in [-0.25, -0.2) is 9.18 Å². The van der Waals surface area contributed by atoms with Crippen molar-refractivity contribution in [2.45, 2.75) is 24.1 Å². The highest BCUT2D eigenvalue weighted by Gasteiger charge is 2.11. The minimum Gasteiger partial charge on any atom is -0.478 e. The Balaban J connectivity index is 2.07. The van der Waals surface area contributed by atoms with Crippen LogP contribution in [0.5, 0.6) is 0 Å². The molecule has 0 aliphatic rings. The molecule has 0 atom stereocenters. The van der Waals surface area contributed by atoms with E-state index in [2.05, 4.69) is 5.10 Å². The maximum atomic E-state index is 13.2. The molecular weight excluding hydrogens is 267 g/mol. The van der Waals surface area contributed by atoms with Gasteiger partial charge in [-0.2, -0.15) is 5.10 Å². The lowest BCUT2D eigenvalue weighted by Gasteiger charge is -2.02. The molecule has 100 valence electrons. The summed E-state index contributed by atoms with van der Waals surface area (Å²) < 4.78 is 15.1. The van der Waals surface area contributed by atoms with Crippen molar-refractivity contribution in [1.29, 1.82) is 0 Å². The molecule has 0 aliphatic carbocycles. The van der Waals surface area contributed by atoms with Crippen LogP contribution in [0.15, 0.2) is 35.5 Å². The fraction of sp³-hybridized carbons (Fsp3) is 0.231. The summed E-state index contributed by atoms with van der Waals surface area (Å²) in [6.07, 6.45) is 3.72. The van der Waals surface area contributed by atoms with Crippen molar-refractivity contribution in [3.63, 3.8) is 0 Å². The summed E-state index contributed by atoms with van der Waals surface area (Å²) in [5.41, 5.74) is 0.752. The summed E-state index contributed by atoms with van der Waals surface area (Å²) >= 11 is 1.45. The number of carboxylic acid groups (broad SMARTS) is 1. The van der Waals surface area contributed by atoms with Crippen molar-refractivity contribution in [3.05, 3.63) is 47.5 Å². The normalized spacial score (nSPS) is 10.6. The number of thioether (sulfide) groups is 1. The van der Waals surface area contributed by atoms with Crippen molar-refractivity contribution in [2.24, 2.45) is 0 Å². The van der Waals surface area contributed by atoms with Gasteiger partial charge in [0.15, 0.2) is 0 Å². The van der Waals surface area contributed by atoms with Crippen LogP contribution in [0.1, 0.15) is 22.8 Å². The Morgan fingerprint density at radius 2 is 2.32 bits per heavy atom. The third-order valence-electron chi connectivity index (χ3n) is 2.58. The van der Waals surface area contributed by atoms with Gasteiger partial charge in [0, 0.05) is 29.0 Å². The van der Waals surface area contributed by atoms with Crippen LogP contribution in [0, 0.1) is 5.82 Å². The van der Waals surface area contributed by atoms with Crippen LogP contribution in [0.2, 0.25) is 0 Å². The Morgan fingerprint density at radius 3 is 2.95 bits per heavy atom. The van der Waals surface area contributed by atoms with Crippen LogP contribution in [0.3, 0.4) is 0 Å². The van der Waals surface area contributed by atoms with Crippen molar-refractivity contribution >= 4 is 17.7 Å². The zero-order valence-electron chi connectivity index (χ0n) is 10.3. The standard InChI is InChI=1S/C13H13FN2O2S/c1-2-16-7-9(6-15-16)8-19-10-3-4-12(14)11(5-10)13(17)18/h3-7H,2,8H2,1H3,(H,17,18). The molecule has 0 saturated carbocycles. The van der Waals surface area contributed by atoms with Gasteiger partial charge in [0.2, 0.25) is 0 Å². The van der Waals surface area contributed by atoms with Gasteiger partial charge in [-0.1, -0.05) is 0 Å². The fourth-order valence-electron chi connectivity index (χ4n) is 1.58. The van der Waals surface area contributed by atoms with Gasteiger partial charge in [-0.3, -0.25) is 4.68 Å². The molecule has 19 heavy (non-hydrogen) atoms. The zero-order chi connectivity index (χ0) is 13.8. The molecule has 0 radical (unpaired) electrons. The number of nitrogens with zero attached hydrogens (tertiary/aromatic N) is 2. The van der Waals surface area contributed by atoms with Gasteiger partial charge >= 0.3 is 5.97 Å². The Kier molecular flexibility index (Phi) is 4.21. The molecule has 1 N–H and O–H groups in total. The van der Waals surface area contributed by atoms with E-state index in [4.69, 9.17) is 5.11 Å². The second-order valence-electron chi connectivity index (χ2n) is 3.94. The van der Waals surface area contributed by atoms with Gasteiger partial charge in [-0.05, 0) is 25.1 Å². The molecule has 0 fully saturated rings. The number of halogens is 1. The summed E-state index contributed by atoms with van der Waals surface area (Å²) in [6.45, 7) is 2.81. The van der Waals surface area contributed by atoms with Crippen LogP contribution >= 0.6 is 11.8 Å². The van der Waals surface area contributed by atoms with Crippen LogP contribution in [-0.2, 0) is 12.3 Å². The van der Waals surface area contributed by atoms with E-state index in [9.17, 15) is 9.18 Å². The molecule has 0 bridgehead atoms. The molecule has 1 heterocycles. The maximum absolute atomic E-state index is 13.2.